The Morgan fingerprint density at radius 1 is 1.24 bits per heavy atom. The molecule has 0 spiro atoms. The van der Waals surface area contributed by atoms with Gasteiger partial charge in [-0.15, -0.1) is 0 Å². The maximum absolute atomic E-state index is 5.37. The van der Waals surface area contributed by atoms with Crippen LogP contribution in [0.15, 0.2) is 28.9 Å². The lowest BCUT2D eigenvalue weighted by atomic mass is 10.2. The van der Waals surface area contributed by atoms with Gasteiger partial charge in [-0.1, -0.05) is 6.07 Å². The molecule has 1 aliphatic rings. The molecule has 0 fully saturated rings. The number of halogens is 1. The van der Waals surface area contributed by atoms with Gasteiger partial charge in [0.15, 0.2) is 11.5 Å². The molecule has 0 saturated heterocycles. The summed E-state index contributed by atoms with van der Waals surface area (Å²) in [4.78, 5) is 8.60. The van der Waals surface area contributed by atoms with Crippen LogP contribution in [-0.4, -0.2) is 23.3 Å². The molecule has 0 bridgehead atoms. The zero-order valence-corrected chi connectivity index (χ0v) is 13.1. The highest BCUT2D eigenvalue weighted by atomic mass is 79.9. The lowest BCUT2D eigenvalue weighted by Gasteiger charge is -2.10. The summed E-state index contributed by atoms with van der Waals surface area (Å²) >= 11 is 3.44. The largest absolute Gasteiger partial charge is 0.454 e. The maximum atomic E-state index is 5.37. The fraction of sp³-hybridized carbons (Fsp3) is 0.286. The van der Waals surface area contributed by atoms with E-state index in [1.165, 1.54) is 0 Å². The van der Waals surface area contributed by atoms with Crippen LogP contribution < -0.4 is 20.1 Å². The van der Waals surface area contributed by atoms with Crippen LogP contribution in [0.3, 0.4) is 0 Å². The van der Waals surface area contributed by atoms with Crippen molar-refractivity contribution in [3.63, 3.8) is 0 Å². The standard InChI is InChI=1S/C14H15BrN4O2/c1-2-16-14-18-7-10(15)13(19-14)17-6-9-3-4-11-12(5-9)21-8-20-11/h3-5,7H,2,6,8H2,1H3,(H2,16,17,18,19). The molecule has 0 atom stereocenters. The second-order valence-electron chi connectivity index (χ2n) is 4.46. The van der Waals surface area contributed by atoms with E-state index in [1.54, 1.807) is 6.20 Å². The topological polar surface area (TPSA) is 68.3 Å². The van der Waals surface area contributed by atoms with E-state index in [4.69, 9.17) is 9.47 Å². The zero-order valence-electron chi connectivity index (χ0n) is 11.5. The van der Waals surface area contributed by atoms with Gasteiger partial charge in [-0.3, -0.25) is 0 Å². The maximum Gasteiger partial charge on any atom is 0.231 e. The molecule has 6 nitrogen and oxygen atoms in total. The van der Waals surface area contributed by atoms with Gasteiger partial charge in [-0.25, -0.2) is 4.98 Å². The minimum atomic E-state index is 0.287. The summed E-state index contributed by atoms with van der Waals surface area (Å²) in [5.41, 5.74) is 1.09. The van der Waals surface area contributed by atoms with E-state index in [1.807, 2.05) is 25.1 Å². The van der Waals surface area contributed by atoms with Crippen LogP contribution in [0.25, 0.3) is 0 Å². The molecule has 1 aromatic heterocycles. The van der Waals surface area contributed by atoms with Crippen molar-refractivity contribution in [2.24, 2.45) is 0 Å². The molecule has 0 unspecified atom stereocenters. The molecule has 110 valence electrons. The lowest BCUT2D eigenvalue weighted by Crippen LogP contribution is -2.07. The zero-order chi connectivity index (χ0) is 14.7. The van der Waals surface area contributed by atoms with E-state index in [2.05, 4.69) is 36.5 Å². The van der Waals surface area contributed by atoms with E-state index in [9.17, 15) is 0 Å². The Kier molecular flexibility index (Phi) is 4.10. The van der Waals surface area contributed by atoms with E-state index < -0.39 is 0 Å². The number of rotatable bonds is 5. The van der Waals surface area contributed by atoms with Crippen molar-refractivity contribution >= 4 is 27.7 Å². The number of benzene rings is 1. The number of hydrogen-bond donors (Lipinski definition) is 2. The summed E-state index contributed by atoms with van der Waals surface area (Å²) < 4.78 is 11.5. The normalized spacial score (nSPS) is 12.3. The molecule has 2 heterocycles. The predicted molar refractivity (Wildman–Crippen MR) is 83.8 cm³/mol. The average Bonchev–Trinajstić information content (AvgIpc) is 2.95. The highest BCUT2D eigenvalue weighted by Gasteiger charge is 2.13. The van der Waals surface area contributed by atoms with Crippen LogP contribution in [-0.2, 0) is 6.54 Å². The number of ether oxygens (including phenoxy) is 2. The van der Waals surface area contributed by atoms with Gasteiger partial charge in [0.2, 0.25) is 12.7 Å². The lowest BCUT2D eigenvalue weighted by molar-refractivity contribution is 0.174. The van der Waals surface area contributed by atoms with Crippen molar-refractivity contribution < 1.29 is 9.47 Å². The number of nitrogens with one attached hydrogen (secondary N) is 2. The fourth-order valence-corrected chi connectivity index (χ4v) is 2.30. The first-order valence-corrected chi connectivity index (χ1v) is 7.44. The minimum absolute atomic E-state index is 0.287. The third-order valence-electron chi connectivity index (χ3n) is 2.98. The molecule has 2 aromatic rings. The molecule has 0 amide bonds. The van der Waals surface area contributed by atoms with E-state index in [-0.39, 0.29) is 6.79 Å². The van der Waals surface area contributed by atoms with Gasteiger partial charge in [-0.2, -0.15) is 4.98 Å². The molecule has 0 radical (unpaired) electrons. The van der Waals surface area contributed by atoms with Gasteiger partial charge in [0.05, 0.1) is 4.47 Å². The first kappa shape index (κ1) is 13.9. The molecule has 1 aliphatic heterocycles. The van der Waals surface area contributed by atoms with Crippen LogP contribution >= 0.6 is 15.9 Å². The summed E-state index contributed by atoms with van der Waals surface area (Å²) in [5.74, 6) is 2.92. The van der Waals surface area contributed by atoms with Crippen LogP contribution in [0.4, 0.5) is 11.8 Å². The van der Waals surface area contributed by atoms with Crippen molar-refractivity contribution in [1.82, 2.24) is 9.97 Å². The van der Waals surface area contributed by atoms with Crippen molar-refractivity contribution in [3.8, 4) is 11.5 Å². The van der Waals surface area contributed by atoms with Gasteiger partial charge in [0, 0.05) is 19.3 Å². The Balaban J connectivity index is 1.71. The molecule has 1 aromatic carbocycles. The number of fused-ring (bicyclic) bond motifs is 1. The first-order chi connectivity index (χ1) is 10.3. The predicted octanol–water partition coefficient (Wildman–Crippen LogP) is 3.01. The third-order valence-corrected chi connectivity index (χ3v) is 3.56. The Morgan fingerprint density at radius 3 is 2.95 bits per heavy atom. The molecule has 2 N–H and O–H groups in total. The van der Waals surface area contributed by atoms with Gasteiger partial charge in [0.25, 0.3) is 0 Å². The summed E-state index contributed by atoms with van der Waals surface area (Å²) in [5, 5.41) is 6.37. The second kappa shape index (κ2) is 6.17. The highest BCUT2D eigenvalue weighted by Crippen LogP contribution is 2.32. The van der Waals surface area contributed by atoms with Gasteiger partial charge in [0.1, 0.15) is 5.82 Å². The summed E-state index contributed by atoms with van der Waals surface area (Å²) in [6.07, 6.45) is 1.73. The fourth-order valence-electron chi connectivity index (χ4n) is 1.97. The quantitative estimate of drug-likeness (QED) is 0.863. The van der Waals surface area contributed by atoms with Crippen molar-refractivity contribution in [1.29, 1.82) is 0 Å². The van der Waals surface area contributed by atoms with Crippen LogP contribution in [0.1, 0.15) is 12.5 Å². The van der Waals surface area contributed by atoms with Crippen molar-refractivity contribution in [2.45, 2.75) is 13.5 Å². The summed E-state index contributed by atoms with van der Waals surface area (Å²) in [7, 11) is 0. The van der Waals surface area contributed by atoms with Gasteiger partial charge in [-0.05, 0) is 40.5 Å². The molecule has 21 heavy (non-hydrogen) atoms. The number of aromatic nitrogens is 2. The molecular weight excluding hydrogens is 336 g/mol. The van der Waals surface area contributed by atoms with E-state index in [0.29, 0.717) is 12.5 Å². The molecule has 7 heteroatoms. The number of anilines is 2. The summed E-state index contributed by atoms with van der Waals surface area (Å²) in [6.45, 7) is 3.71. The van der Waals surface area contributed by atoms with Gasteiger partial charge >= 0.3 is 0 Å². The summed E-state index contributed by atoms with van der Waals surface area (Å²) in [6, 6.07) is 5.88. The smallest absolute Gasteiger partial charge is 0.231 e. The first-order valence-electron chi connectivity index (χ1n) is 6.65. The third kappa shape index (κ3) is 3.18. The minimum Gasteiger partial charge on any atom is -0.454 e. The number of nitrogens with zero attached hydrogens (tertiary/aromatic N) is 2. The molecule has 3 rings (SSSR count). The van der Waals surface area contributed by atoms with Crippen LogP contribution in [0.2, 0.25) is 0 Å². The van der Waals surface area contributed by atoms with Crippen LogP contribution in [0, 0.1) is 0 Å². The average molecular weight is 351 g/mol. The van der Waals surface area contributed by atoms with Crippen molar-refractivity contribution in [2.75, 3.05) is 24.0 Å². The van der Waals surface area contributed by atoms with Gasteiger partial charge < -0.3 is 20.1 Å². The van der Waals surface area contributed by atoms with E-state index in [0.717, 1.165) is 33.9 Å². The molecule has 0 saturated carbocycles. The Morgan fingerprint density at radius 2 is 2.10 bits per heavy atom. The Hall–Kier alpha value is -2.02. The number of hydrogen-bond acceptors (Lipinski definition) is 6. The second-order valence-corrected chi connectivity index (χ2v) is 5.32. The van der Waals surface area contributed by atoms with E-state index >= 15 is 0 Å². The monoisotopic (exact) mass is 350 g/mol. The highest BCUT2D eigenvalue weighted by molar-refractivity contribution is 9.10. The Labute approximate surface area is 131 Å². The molecular formula is C14H15BrN4O2. The Bertz CT molecular complexity index is 651. The van der Waals surface area contributed by atoms with Crippen LogP contribution in [0.5, 0.6) is 11.5 Å². The van der Waals surface area contributed by atoms with Crippen molar-refractivity contribution in [3.05, 3.63) is 34.4 Å². The SMILES string of the molecule is CCNc1ncc(Br)c(NCc2ccc3c(c2)OCO3)n1. The molecule has 0 aliphatic carbocycles.